The first kappa shape index (κ1) is 15.3. The Balaban J connectivity index is 2.08. The molecule has 0 aliphatic carbocycles. The summed E-state index contributed by atoms with van der Waals surface area (Å²) in [5.41, 5.74) is 0. The predicted molar refractivity (Wildman–Crippen MR) is 71.2 cm³/mol. The number of hydrogen-bond donors (Lipinski definition) is 2. The fourth-order valence-electron chi connectivity index (χ4n) is 2.84. The first-order valence-corrected chi connectivity index (χ1v) is 6.98. The number of nitrogens with one attached hydrogen (secondary N) is 1. The van der Waals surface area contributed by atoms with E-state index in [1.165, 1.54) is 11.8 Å². The number of carboxylic acids is 1. The third-order valence-corrected chi connectivity index (χ3v) is 3.82. The van der Waals surface area contributed by atoms with Gasteiger partial charge in [-0.15, -0.1) is 0 Å². The summed E-state index contributed by atoms with van der Waals surface area (Å²) in [6.07, 6.45) is 2.38. The highest BCUT2D eigenvalue weighted by atomic mass is 16.4. The van der Waals surface area contributed by atoms with Crippen LogP contribution in [0.1, 0.15) is 26.2 Å². The zero-order chi connectivity index (χ0) is 15.6. The highest BCUT2D eigenvalue weighted by molar-refractivity contribution is 5.95. The molecule has 2 atom stereocenters. The zero-order valence-electron chi connectivity index (χ0n) is 11.9. The van der Waals surface area contributed by atoms with Crippen LogP contribution in [0.3, 0.4) is 0 Å². The molecule has 0 aromatic carbocycles. The van der Waals surface area contributed by atoms with Crippen molar-refractivity contribution < 1.29 is 24.3 Å². The number of nitrogens with zero attached hydrogens (tertiary/aromatic N) is 2. The number of amides is 3. The van der Waals surface area contributed by atoms with E-state index in [-0.39, 0.29) is 24.9 Å². The Kier molecular flexibility index (Phi) is 4.44. The Morgan fingerprint density at radius 2 is 2.10 bits per heavy atom. The summed E-state index contributed by atoms with van der Waals surface area (Å²) < 4.78 is 0. The van der Waals surface area contributed by atoms with E-state index in [1.54, 1.807) is 4.90 Å². The first-order valence-electron chi connectivity index (χ1n) is 6.98. The fourth-order valence-corrected chi connectivity index (χ4v) is 2.84. The number of carbonyl (C=O) groups excluding carboxylic acids is 3. The van der Waals surface area contributed by atoms with Gasteiger partial charge in [-0.1, -0.05) is 0 Å². The van der Waals surface area contributed by atoms with Gasteiger partial charge in [0.2, 0.25) is 17.7 Å². The Morgan fingerprint density at radius 3 is 2.71 bits per heavy atom. The number of hydrogen-bond acceptors (Lipinski definition) is 4. The standard InChI is InChI=1S/C13H19N3O5/c1-8(17)14-9(13(20)21)6-15-7-11(18)16-5-3-2-4-10(16)12(15)19/h9-10H,2-7H2,1H3,(H,14,17)(H,20,21). The third-order valence-electron chi connectivity index (χ3n) is 3.82. The van der Waals surface area contributed by atoms with Crippen LogP contribution in [0, 0.1) is 0 Å². The van der Waals surface area contributed by atoms with Crippen molar-refractivity contribution >= 4 is 23.7 Å². The van der Waals surface area contributed by atoms with Gasteiger partial charge in [0.05, 0.1) is 13.1 Å². The van der Waals surface area contributed by atoms with Crippen molar-refractivity contribution in [2.45, 2.75) is 38.3 Å². The summed E-state index contributed by atoms with van der Waals surface area (Å²) in [6, 6.07) is -1.68. The zero-order valence-corrected chi connectivity index (χ0v) is 11.9. The van der Waals surface area contributed by atoms with E-state index in [1.807, 2.05) is 0 Å². The highest BCUT2D eigenvalue weighted by Crippen LogP contribution is 2.23. The SMILES string of the molecule is CC(=O)NC(CN1CC(=O)N2CCCCC2C1=O)C(=O)O. The van der Waals surface area contributed by atoms with Crippen LogP contribution < -0.4 is 5.32 Å². The van der Waals surface area contributed by atoms with Gasteiger partial charge in [0.1, 0.15) is 12.1 Å². The molecule has 2 saturated heterocycles. The van der Waals surface area contributed by atoms with Gasteiger partial charge >= 0.3 is 5.97 Å². The molecule has 0 radical (unpaired) electrons. The molecule has 0 aromatic rings. The van der Waals surface area contributed by atoms with Gasteiger partial charge in [0, 0.05) is 13.5 Å². The van der Waals surface area contributed by atoms with Gasteiger partial charge in [-0.2, -0.15) is 0 Å². The van der Waals surface area contributed by atoms with Gasteiger partial charge in [-0.25, -0.2) is 4.79 Å². The number of rotatable bonds is 4. The van der Waals surface area contributed by atoms with Crippen molar-refractivity contribution in [3.05, 3.63) is 0 Å². The van der Waals surface area contributed by atoms with Crippen molar-refractivity contribution in [3.8, 4) is 0 Å². The molecular formula is C13H19N3O5. The summed E-state index contributed by atoms with van der Waals surface area (Å²) in [4.78, 5) is 49.4. The van der Waals surface area contributed by atoms with E-state index in [2.05, 4.69) is 5.32 Å². The van der Waals surface area contributed by atoms with E-state index in [0.29, 0.717) is 13.0 Å². The highest BCUT2D eigenvalue weighted by Gasteiger charge is 2.41. The summed E-state index contributed by atoms with van der Waals surface area (Å²) in [5.74, 6) is -2.11. The topological polar surface area (TPSA) is 107 Å². The molecule has 8 heteroatoms. The number of carboxylic acid groups (broad SMARTS) is 1. The lowest BCUT2D eigenvalue weighted by atomic mass is 9.98. The Labute approximate surface area is 122 Å². The molecule has 8 nitrogen and oxygen atoms in total. The second kappa shape index (κ2) is 6.11. The van der Waals surface area contributed by atoms with E-state index in [4.69, 9.17) is 5.11 Å². The number of fused-ring (bicyclic) bond motifs is 1. The molecule has 2 rings (SSSR count). The van der Waals surface area contributed by atoms with Crippen LogP contribution in [0.2, 0.25) is 0 Å². The first-order chi connectivity index (χ1) is 9.90. The Morgan fingerprint density at radius 1 is 1.38 bits per heavy atom. The van der Waals surface area contributed by atoms with Gasteiger partial charge in [-0.3, -0.25) is 14.4 Å². The van der Waals surface area contributed by atoms with Crippen LogP contribution in [0.5, 0.6) is 0 Å². The number of aliphatic carboxylic acids is 1. The lowest BCUT2D eigenvalue weighted by molar-refractivity contribution is -0.159. The predicted octanol–water partition coefficient (Wildman–Crippen LogP) is -1.20. The van der Waals surface area contributed by atoms with Crippen molar-refractivity contribution in [1.82, 2.24) is 15.1 Å². The van der Waals surface area contributed by atoms with Crippen molar-refractivity contribution in [2.75, 3.05) is 19.6 Å². The molecule has 0 bridgehead atoms. The largest absolute Gasteiger partial charge is 0.480 e. The molecule has 3 amide bonds. The van der Waals surface area contributed by atoms with Crippen LogP contribution >= 0.6 is 0 Å². The van der Waals surface area contributed by atoms with Crippen LogP contribution in [-0.4, -0.2) is 70.3 Å². The lowest BCUT2D eigenvalue weighted by Gasteiger charge is -2.43. The molecule has 2 N–H and O–H groups in total. The fraction of sp³-hybridized carbons (Fsp3) is 0.692. The molecule has 2 fully saturated rings. The summed E-state index contributed by atoms with van der Waals surface area (Å²) in [5, 5.41) is 11.4. The normalized spacial score (nSPS) is 23.6. The smallest absolute Gasteiger partial charge is 0.328 e. The summed E-state index contributed by atoms with van der Waals surface area (Å²) >= 11 is 0. The summed E-state index contributed by atoms with van der Waals surface area (Å²) in [7, 11) is 0. The van der Waals surface area contributed by atoms with Gasteiger partial charge in [-0.05, 0) is 19.3 Å². The average molecular weight is 297 g/mol. The molecule has 0 spiro atoms. The molecular weight excluding hydrogens is 278 g/mol. The van der Waals surface area contributed by atoms with Crippen molar-refractivity contribution in [1.29, 1.82) is 0 Å². The molecule has 21 heavy (non-hydrogen) atoms. The second-order valence-electron chi connectivity index (χ2n) is 5.41. The van der Waals surface area contributed by atoms with E-state index < -0.39 is 24.0 Å². The maximum Gasteiger partial charge on any atom is 0.328 e. The maximum absolute atomic E-state index is 12.4. The molecule has 0 saturated carbocycles. The van der Waals surface area contributed by atoms with Crippen LogP contribution in [0.4, 0.5) is 0 Å². The number of piperidine rings is 1. The van der Waals surface area contributed by atoms with Crippen LogP contribution in [0.25, 0.3) is 0 Å². The molecule has 2 unspecified atom stereocenters. The van der Waals surface area contributed by atoms with Gasteiger partial charge in [0.25, 0.3) is 0 Å². The third kappa shape index (κ3) is 3.32. The molecule has 2 heterocycles. The number of piperazine rings is 1. The molecule has 2 aliphatic rings. The van der Waals surface area contributed by atoms with E-state index in [0.717, 1.165) is 12.8 Å². The van der Waals surface area contributed by atoms with E-state index in [9.17, 15) is 19.2 Å². The Bertz CT molecular complexity index is 478. The molecule has 2 aliphatic heterocycles. The minimum Gasteiger partial charge on any atom is -0.480 e. The Hall–Kier alpha value is -2.12. The lowest BCUT2D eigenvalue weighted by Crippen LogP contribution is -2.63. The monoisotopic (exact) mass is 297 g/mol. The average Bonchev–Trinajstić information content (AvgIpc) is 2.43. The second-order valence-corrected chi connectivity index (χ2v) is 5.41. The molecule has 0 aromatic heterocycles. The van der Waals surface area contributed by atoms with E-state index >= 15 is 0 Å². The minimum atomic E-state index is -1.23. The molecule has 116 valence electrons. The minimum absolute atomic E-state index is 0.126. The van der Waals surface area contributed by atoms with Crippen LogP contribution in [0.15, 0.2) is 0 Å². The van der Waals surface area contributed by atoms with Crippen LogP contribution in [-0.2, 0) is 19.2 Å². The summed E-state index contributed by atoms with van der Waals surface area (Å²) in [6.45, 7) is 1.47. The number of carbonyl (C=O) groups is 4. The van der Waals surface area contributed by atoms with Crippen molar-refractivity contribution in [2.24, 2.45) is 0 Å². The quantitative estimate of drug-likeness (QED) is 0.678. The van der Waals surface area contributed by atoms with Gasteiger partial charge < -0.3 is 20.2 Å². The van der Waals surface area contributed by atoms with Crippen molar-refractivity contribution in [3.63, 3.8) is 0 Å². The maximum atomic E-state index is 12.4. The van der Waals surface area contributed by atoms with Gasteiger partial charge in [0.15, 0.2) is 0 Å².